The first kappa shape index (κ1) is 16.1. The van der Waals surface area contributed by atoms with Gasteiger partial charge in [-0.05, 0) is 49.4 Å². The molecule has 1 atom stereocenters. The minimum Gasteiger partial charge on any atom is -0.390 e. The van der Waals surface area contributed by atoms with Crippen molar-refractivity contribution in [1.82, 2.24) is 9.47 Å². The maximum atomic E-state index is 13.6. The number of benzene rings is 1. The zero-order valence-electron chi connectivity index (χ0n) is 14.2. The lowest BCUT2D eigenvalue weighted by atomic mass is 9.82. The Hall–Kier alpha value is -1.43. The first-order chi connectivity index (χ1) is 11.6. The van der Waals surface area contributed by atoms with Crippen LogP contribution in [0.1, 0.15) is 31.2 Å². The molecule has 2 aliphatic rings. The monoisotopic (exact) mass is 332 g/mol. The number of aromatic nitrogens is 1. The number of aliphatic hydroxyl groups is 1. The van der Waals surface area contributed by atoms with Crippen LogP contribution in [0.4, 0.5) is 4.39 Å². The maximum absolute atomic E-state index is 13.6. The van der Waals surface area contributed by atoms with Gasteiger partial charge in [-0.15, -0.1) is 0 Å². The molecule has 2 saturated heterocycles. The molecule has 0 saturated carbocycles. The first-order valence-corrected chi connectivity index (χ1v) is 8.85. The lowest BCUT2D eigenvalue weighted by molar-refractivity contribution is -0.177. The SMILES string of the molecule is Cn1cc(CN2CCC3(CC2)OCCC[C@@H]3O)c2cc(F)ccc21. The molecule has 0 unspecified atom stereocenters. The minimum atomic E-state index is -0.334. The molecule has 0 aliphatic carbocycles. The molecular weight excluding hydrogens is 307 g/mol. The first-order valence-electron chi connectivity index (χ1n) is 8.85. The quantitative estimate of drug-likeness (QED) is 0.919. The number of ether oxygens (including phenoxy) is 1. The molecule has 2 aliphatic heterocycles. The Bertz CT molecular complexity index is 734. The smallest absolute Gasteiger partial charge is 0.123 e. The minimum absolute atomic E-state index is 0.189. The number of hydrogen-bond donors (Lipinski definition) is 1. The van der Waals surface area contributed by atoms with Gasteiger partial charge < -0.3 is 14.4 Å². The number of fused-ring (bicyclic) bond motifs is 1. The van der Waals surface area contributed by atoms with Gasteiger partial charge in [-0.25, -0.2) is 4.39 Å². The lowest BCUT2D eigenvalue weighted by Gasteiger charge is -2.46. The Morgan fingerprint density at radius 1 is 1.33 bits per heavy atom. The van der Waals surface area contributed by atoms with Gasteiger partial charge in [-0.1, -0.05) is 0 Å². The fourth-order valence-electron chi connectivity index (χ4n) is 4.29. The third-order valence-electron chi connectivity index (χ3n) is 5.75. The van der Waals surface area contributed by atoms with Gasteiger partial charge in [0.1, 0.15) is 5.82 Å². The molecule has 4 rings (SSSR count). The largest absolute Gasteiger partial charge is 0.390 e. The van der Waals surface area contributed by atoms with Crippen LogP contribution < -0.4 is 0 Å². The summed E-state index contributed by atoms with van der Waals surface area (Å²) in [4.78, 5) is 2.38. The third kappa shape index (κ3) is 2.75. The van der Waals surface area contributed by atoms with Crippen LogP contribution in [0.25, 0.3) is 10.9 Å². The zero-order chi connectivity index (χ0) is 16.7. The van der Waals surface area contributed by atoms with E-state index in [9.17, 15) is 9.50 Å². The van der Waals surface area contributed by atoms with Crippen LogP contribution in [0.5, 0.6) is 0 Å². The van der Waals surface area contributed by atoms with Gasteiger partial charge in [-0.3, -0.25) is 4.90 Å². The Kier molecular flexibility index (Phi) is 4.11. The van der Waals surface area contributed by atoms with E-state index in [1.54, 1.807) is 6.07 Å². The van der Waals surface area contributed by atoms with Crippen LogP contribution in [0.3, 0.4) is 0 Å². The highest BCUT2D eigenvalue weighted by Crippen LogP contribution is 2.36. The summed E-state index contributed by atoms with van der Waals surface area (Å²) >= 11 is 0. The highest BCUT2D eigenvalue weighted by Gasteiger charge is 2.43. The molecule has 1 N–H and O–H groups in total. The topological polar surface area (TPSA) is 37.6 Å². The van der Waals surface area contributed by atoms with Crippen LogP contribution in [0.15, 0.2) is 24.4 Å². The van der Waals surface area contributed by atoms with E-state index >= 15 is 0 Å². The molecule has 2 aromatic rings. The fourth-order valence-corrected chi connectivity index (χ4v) is 4.29. The van der Waals surface area contributed by atoms with Crippen LogP contribution in [0, 0.1) is 5.82 Å². The second-order valence-electron chi connectivity index (χ2n) is 7.27. The number of halogens is 1. The predicted molar refractivity (Wildman–Crippen MR) is 91.3 cm³/mol. The van der Waals surface area contributed by atoms with E-state index in [0.717, 1.165) is 68.4 Å². The summed E-state index contributed by atoms with van der Waals surface area (Å²) in [5.74, 6) is -0.189. The molecule has 3 heterocycles. The molecule has 2 fully saturated rings. The Balaban J connectivity index is 1.49. The summed E-state index contributed by atoms with van der Waals surface area (Å²) in [7, 11) is 2.00. The molecule has 130 valence electrons. The van der Waals surface area contributed by atoms with Crippen LogP contribution in [0.2, 0.25) is 0 Å². The number of piperidine rings is 1. The van der Waals surface area contributed by atoms with Crippen molar-refractivity contribution in [3.63, 3.8) is 0 Å². The summed E-state index contributed by atoms with van der Waals surface area (Å²) in [6.45, 7) is 3.39. The number of rotatable bonds is 2. The van der Waals surface area contributed by atoms with E-state index in [1.165, 1.54) is 6.07 Å². The van der Waals surface area contributed by atoms with Crippen molar-refractivity contribution in [1.29, 1.82) is 0 Å². The molecule has 1 spiro atoms. The Morgan fingerprint density at radius 2 is 2.12 bits per heavy atom. The van der Waals surface area contributed by atoms with Crippen molar-refractivity contribution < 1.29 is 14.2 Å². The molecule has 0 bridgehead atoms. The zero-order valence-corrected chi connectivity index (χ0v) is 14.2. The number of aryl methyl sites for hydroxylation is 1. The third-order valence-corrected chi connectivity index (χ3v) is 5.75. The number of nitrogens with zero attached hydrogens (tertiary/aromatic N) is 2. The lowest BCUT2D eigenvalue weighted by Crippen LogP contribution is -2.55. The average molecular weight is 332 g/mol. The van der Waals surface area contributed by atoms with E-state index in [0.29, 0.717) is 0 Å². The highest BCUT2D eigenvalue weighted by atomic mass is 19.1. The van der Waals surface area contributed by atoms with E-state index in [2.05, 4.69) is 15.7 Å². The van der Waals surface area contributed by atoms with Gasteiger partial charge in [0.15, 0.2) is 0 Å². The van der Waals surface area contributed by atoms with Crippen molar-refractivity contribution in [3.8, 4) is 0 Å². The molecule has 4 nitrogen and oxygen atoms in total. The van der Waals surface area contributed by atoms with E-state index in [1.807, 2.05) is 13.1 Å². The van der Waals surface area contributed by atoms with Crippen molar-refractivity contribution in [2.45, 2.75) is 43.9 Å². The van der Waals surface area contributed by atoms with Crippen molar-refractivity contribution in [2.24, 2.45) is 7.05 Å². The summed E-state index contributed by atoms with van der Waals surface area (Å²) in [6.07, 6.45) is 5.30. The molecule has 0 amide bonds. The van der Waals surface area contributed by atoms with Gasteiger partial charge in [0, 0.05) is 50.4 Å². The second kappa shape index (κ2) is 6.14. The van der Waals surface area contributed by atoms with E-state index in [4.69, 9.17) is 4.74 Å². The Morgan fingerprint density at radius 3 is 2.88 bits per heavy atom. The maximum Gasteiger partial charge on any atom is 0.123 e. The Labute approximate surface area is 141 Å². The average Bonchev–Trinajstić information content (AvgIpc) is 2.88. The number of likely N-dealkylation sites (tertiary alicyclic amines) is 1. The van der Waals surface area contributed by atoms with Gasteiger partial charge in [0.2, 0.25) is 0 Å². The van der Waals surface area contributed by atoms with Crippen molar-refractivity contribution in [2.75, 3.05) is 19.7 Å². The molecule has 1 aromatic carbocycles. The van der Waals surface area contributed by atoms with Crippen molar-refractivity contribution >= 4 is 10.9 Å². The van der Waals surface area contributed by atoms with Crippen LogP contribution >= 0.6 is 0 Å². The summed E-state index contributed by atoms with van der Waals surface area (Å²) in [6, 6.07) is 4.98. The van der Waals surface area contributed by atoms with E-state index in [-0.39, 0.29) is 17.5 Å². The van der Waals surface area contributed by atoms with Gasteiger partial charge in [0.25, 0.3) is 0 Å². The normalized spacial score (nSPS) is 24.7. The molecule has 24 heavy (non-hydrogen) atoms. The van der Waals surface area contributed by atoms with Gasteiger partial charge in [0.05, 0.1) is 11.7 Å². The van der Waals surface area contributed by atoms with Crippen LogP contribution in [-0.4, -0.2) is 46.0 Å². The second-order valence-corrected chi connectivity index (χ2v) is 7.27. The van der Waals surface area contributed by atoms with Crippen molar-refractivity contribution in [3.05, 3.63) is 35.8 Å². The standard InChI is InChI=1S/C19H25FN2O2/c1-21-12-14(16-11-15(20)4-5-17(16)21)13-22-8-6-19(7-9-22)18(23)3-2-10-24-19/h4-5,11-12,18,23H,2-3,6-10,13H2,1H3/t18-/m0/s1. The van der Waals surface area contributed by atoms with E-state index < -0.39 is 0 Å². The van der Waals surface area contributed by atoms with Gasteiger partial charge in [-0.2, -0.15) is 0 Å². The molecule has 0 radical (unpaired) electrons. The van der Waals surface area contributed by atoms with Crippen LogP contribution in [-0.2, 0) is 18.3 Å². The van der Waals surface area contributed by atoms with Gasteiger partial charge >= 0.3 is 0 Å². The fraction of sp³-hybridized carbons (Fsp3) is 0.579. The number of aliphatic hydroxyl groups excluding tert-OH is 1. The molecule has 5 heteroatoms. The highest BCUT2D eigenvalue weighted by molar-refractivity contribution is 5.84. The molecule has 1 aromatic heterocycles. The summed E-state index contributed by atoms with van der Waals surface area (Å²) < 4.78 is 21.7. The number of hydrogen-bond acceptors (Lipinski definition) is 3. The summed E-state index contributed by atoms with van der Waals surface area (Å²) in [5.41, 5.74) is 1.89. The molecular formula is C19H25FN2O2. The predicted octanol–water partition coefficient (Wildman–Crippen LogP) is 2.82. The summed E-state index contributed by atoms with van der Waals surface area (Å²) in [5, 5.41) is 11.3.